The normalized spacial score (nSPS) is 11.5. The van der Waals surface area contributed by atoms with Crippen molar-refractivity contribution >= 4 is 17.2 Å². The molecule has 0 radical (unpaired) electrons. The summed E-state index contributed by atoms with van der Waals surface area (Å²) >= 11 is 1.67. The van der Waals surface area contributed by atoms with Crippen LogP contribution >= 0.6 is 11.3 Å². The van der Waals surface area contributed by atoms with Gasteiger partial charge in [0.1, 0.15) is 0 Å². The summed E-state index contributed by atoms with van der Waals surface area (Å²) in [6.07, 6.45) is 0.820. The topological polar surface area (TPSA) is 42.0 Å². The van der Waals surface area contributed by atoms with Crippen LogP contribution in [0, 0.1) is 0 Å². The molecule has 0 aliphatic rings. The summed E-state index contributed by atoms with van der Waals surface area (Å²) in [5, 5.41) is 5.96. The molecule has 3 nitrogen and oxygen atoms in total. The first-order valence-electron chi connectivity index (χ1n) is 5.09. The lowest BCUT2D eigenvalue weighted by atomic mass is 9.93. The van der Waals surface area contributed by atoms with Gasteiger partial charge in [0.2, 0.25) is 5.91 Å². The second kappa shape index (κ2) is 4.75. The van der Waals surface area contributed by atoms with Gasteiger partial charge >= 0.3 is 0 Å². The second-order valence-electron chi connectivity index (χ2n) is 4.61. The molecule has 0 fully saturated rings. The largest absolute Gasteiger partial charge is 0.356 e. The Hall–Kier alpha value is -0.900. The Bertz CT molecular complexity index is 339. The van der Waals surface area contributed by atoms with Crippen LogP contribution in [0.3, 0.4) is 0 Å². The molecule has 0 bridgehead atoms. The van der Waals surface area contributed by atoms with E-state index in [1.807, 2.05) is 0 Å². The number of aromatic nitrogens is 1. The third-order valence-electron chi connectivity index (χ3n) is 2.03. The predicted molar refractivity (Wildman–Crippen MR) is 63.2 cm³/mol. The van der Waals surface area contributed by atoms with E-state index in [4.69, 9.17) is 0 Å². The average Bonchev–Trinajstić information content (AvgIpc) is 2.51. The van der Waals surface area contributed by atoms with Crippen LogP contribution in [0.25, 0.3) is 0 Å². The van der Waals surface area contributed by atoms with Crippen LogP contribution < -0.4 is 5.32 Å². The maximum Gasteiger partial charge on any atom is 0.216 e. The summed E-state index contributed by atoms with van der Waals surface area (Å²) in [7, 11) is 0. The highest BCUT2D eigenvalue weighted by atomic mass is 32.1. The number of hydrogen-bond acceptors (Lipinski definition) is 3. The maximum absolute atomic E-state index is 10.7. The molecular weight excluding hydrogens is 208 g/mol. The Morgan fingerprint density at radius 2 is 2.20 bits per heavy atom. The number of rotatable bonds is 3. The van der Waals surface area contributed by atoms with Crippen LogP contribution in [0.15, 0.2) is 5.38 Å². The number of amides is 1. The summed E-state index contributed by atoms with van der Waals surface area (Å²) in [6, 6.07) is 0. The van der Waals surface area contributed by atoms with Gasteiger partial charge in [0.25, 0.3) is 0 Å². The van der Waals surface area contributed by atoms with Crippen molar-refractivity contribution < 1.29 is 4.79 Å². The van der Waals surface area contributed by atoms with E-state index < -0.39 is 0 Å². The molecule has 15 heavy (non-hydrogen) atoms. The van der Waals surface area contributed by atoms with Gasteiger partial charge in [-0.2, -0.15) is 0 Å². The van der Waals surface area contributed by atoms with Gasteiger partial charge in [0.15, 0.2) is 0 Å². The number of nitrogens with zero attached hydrogens (tertiary/aromatic N) is 1. The Labute approximate surface area is 94.9 Å². The van der Waals surface area contributed by atoms with Crippen molar-refractivity contribution in [2.45, 2.75) is 39.5 Å². The molecule has 0 aliphatic carbocycles. The number of nitrogens with one attached hydrogen (secondary N) is 1. The summed E-state index contributed by atoms with van der Waals surface area (Å²) in [4.78, 5) is 15.2. The lowest BCUT2D eigenvalue weighted by Gasteiger charge is -2.14. The lowest BCUT2D eigenvalue weighted by Crippen LogP contribution is -2.22. The Kier molecular flexibility index (Phi) is 3.85. The molecule has 84 valence electrons. The number of thiazole rings is 1. The zero-order valence-electron chi connectivity index (χ0n) is 9.76. The first-order chi connectivity index (χ1) is 6.89. The standard InChI is InChI=1S/C11H18N2OS/c1-8(14)12-6-5-10-13-9(7-15-10)11(2,3)4/h7H,5-6H2,1-4H3,(H,12,14). The van der Waals surface area contributed by atoms with Crippen LogP contribution in [0.2, 0.25) is 0 Å². The Morgan fingerprint density at radius 1 is 1.53 bits per heavy atom. The van der Waals surface area contributed by atoms with Crippen LogP contribution in [0.4, 0.5) is 0 Å². The summed E-state index contributed by atoms with van der Waals surface area (Å²) < 4.78 is 0. The van der Waals surface area contributed by atoms with E-state index in [0.29, 0.717) is 6.54 Å². The molecule has 1 rings (SSSR count). The number of carbonyl (C=O) groups excluding carboxylic acids is 1. The number of hydrogen-bond donors (Lipinski definition) is 1. The van der Waals surface area contributed by atoms with E-state index in [0.717, 1.165) is 17.1 Å². The first-order valence-corrected chi connectivity index (χ1v) is 5.97. The molecule has 1 N–H and O–H groups in total. The van der Waals surface area contributed by atoms with Gasteiger partial charge in [-0.1, -0.05) is 20.8 Å². The summed E-state index contributed by atoms with van der Waals surface area (Å²) in [5.41, 5.74) is 1.24. The van der Waals surface area contributed by atoms with Gasteiger partial charge < -0.3 is 5.32 Å². The van der Waals surface area contributed by atoms with E-state index in [2.05, 4.69) is 36.5 Å². The van der Waals surface area contributed by atoms with Gasteiger partial charge in [-0.05, 0) is 0 Å². The Morgan fingerprint density at radius 3 is 2.67 bits per heavy atom. The fourth-order valence-corrected chi connectivity index (χ4v) is 2.14. The van der Waals surface area contributed by atoms with E-state index in [1.165, 1.54) is 6.92 Å². The third-order valence-corrected chi connectivity index (χ3v) is 2.94. The molecule has 4 heteroatoms. The molecule has 0 saturated carbocycles. The van der Waals surface area contributed by atoms with E-state index >= 15 is 0 Å². The van der Waals surface area contributed by atoms with Crippen LogP contribution in [0.5, 0.6) is 0 Å². The monoisotopic (exact) mass is 226 g/mol. The van der Waals surface area contributed by atoms with Crippen LogP contribution in [-0.4, -0.2) is 17.4 Å². The first kappa shape index (κ1) is 12.2. The fourth-order valence-electron chi connectivity index (χ4n) is 1.12. The minimum atomic E-state index is 0.0163. The Balaban J connectivity index is 2.50. The van der Waals surface area contributed by atoms with Crippen molar-refractivity contribution in [2.24, 2.45) is 0 Å². The van der Waals surface area contributed by atoms with Crippen molar-refractivity contribution in [1.82, 2.24) is 10.3 Å². The van der Waals surface area contributed by atoms with Crippen molar-refractivity contribution in [1.29, 1.82) is 0 Å². The van der Waals surface area contributed by atoms with Gasteiger partial charge in [0, 0.05) is 30.7 Å². The second-order valence-corrected chi connectivity index (χ2v) is 5.55. The molecule has 0 saturated heterocycles. The van der Waals surface area contributed by atoms with Gasteiger partial charge in [0.05, 0.1) is 10.7 Å². The van der Waals surface area contributed by atoms with E-state index in [1.54, 1.807) is 11.3 Å². The zero-order valence-corrected chi connectivity index (χ0v) is 10.6. The molecule has 0 aliphatic heterocycles. The maximum atomic E-state index is 10.7. The minimum Gasteiger partial charge on any atom is -0.356 e. The highest BCUT2D eigenvalue weighted by Crippen LogP contribution is 2.23. The molecule has 0 atom stereocenters. The van der Waals surface area contributed by atoms with Gasteiger partial charge in [-0.15, -0.1) is 11.3 Å². The van der Waals surface area contributed by atoms with Crippen molar-refractivity contribution in [2.75, 3.05) is 6.54 Å². The van der Waals surface area contributed by atoms with Crippen LogP contribution in [-0.2, 0) is 16.6 Å². The zero-order chi connectivity index (χ0) is 11.5. The molecule has 0 aromatic carbocycles. The van der Waals surface area contributed by atoms with Crippen molar-refractivity contribution in [3.05, 3.63) is 16.1 Å². The molecule has 1 heterocycles. The fraction of sp³-hybridized carbons (Fsp3) is 0.636. The SMILES string of the molecule is CC(=O)NCCc1nc(C(C)(C)C)cs1. The van der Waals surface area contributed by atoms with Crippen LogP contribution in [0.1, 0.15) is 38.4 Å². The third kappa shape index (κ3) is 4.00. The molecule has 1 aromatic heterocycles. The molecular formula is C11H18N2OS. The quantitative estimate of drug-likeness (QED) is 0.857. The van der Waals surface area contributed by atoms with Gasteiger partial charge in [-0.3, -0.25) is 4.79 Å². The highest BCUT2D eigenvalue weighted by molar-refractivity contribution is 7.09. The minimum absolute atomic E-state index is 0.0163. The molecule has 0 spiro atoms. The molecule has 1 amide bonds. The smallest absolute Gasteiger partial charge is 0.216 e. The molecule has 0 unspecified atom stereocenters. The lowest BCUT2D eigenvalue weighted by molar-refractivity contribution is -0.118. The van der Waals surface area contributed by atoms with Gasteiger partial charge in [-0.25, -0.2) is 4.98 Å². The average molecular weight is 226 g/mol. The highest BCUT2D eigenvalue weighted by Gasteiger charge is 2.17. The van der Waals surface area contributed by atoms with Crippen molar-refractivity contribution in [3.8, 4) is 0 Å². The van der Waals surface area contributed by atoms with E-state index in [9.17, 15) is 4.79 Å². The van der Waals surface area contributed by atoms with Crippen molar-refractivity contribution in [3.63, 3.8) is 0 Å². The number of carbonyl (C=O) groups is 1. The summed E-state index contributed by atoms with van der Waals surface area (Å²) in [5.74, 6) is 0.0163. The molecule has 1 aromatic rings. The predicted octanol–water partition coefficient (Wildman–Crippen LogP) is 2.12. The van der Waals surface area contributed by atoms with E-state index in [-0.39, 0.29) is 11.3 Å². The summed E-state index contributed by atoms with van der Waals surface area (Å²) in [6.45, 7) is 8.66.